The quantitative estimate of drug-likeness (QED) is 0.208. The van der Waals surface area contributed by atoms with Gasteiger partial charge in [0.15, 0.2) is 5.78 Å². The van der Waals surface area contributed by atoms with Crippen LogP contribution in [0.15, 0.2) is 48.1 Å². The van der Waals surface area contributed by atoms with Gasteiger partial charge in [0.05, 0.1) is 6.10 Å². The number of ketones is 1. The Morgan fingerprint density at radius 1 is 1.03 bits per heavy atom. The van der Waals surface area contributed by atoms with Gasteiger partial charge in [0.25, 0.3) is 0 Å². The first-order valence-corrected chi connectivity index (χ1v) is 11.0. The number of hydrogen-bond donors (Lipinski definition) is 0. The van der Waals surface area contributed by atoms with E-state index in [0.717, 1.165) is 37.7 Å². The highest BCUT2D eigenvalue weighted by Crippen LogP contribution is 2.19. The molecule has 0 saturated heterocycles. The second kappa shape index (κ2) is 16.4. The highest BCUT2D eigenvalue weighted by Gasteiger charge is 2.24. The van der Waals surface area contributed by atoms with Gasteiger partial charge in [-0.25, -0.2) is 0 Å². The van der Waals surface area contributed by atoms with E-state index in [9.17, 15) is 4.79 Å². The Morgan fingerprint density at radius 2 is 1.72 bits per heavy atom. The summed E-state index contributed by atoms with van der Waals surface area (Å²) in [5, 5.41) is 0. The lowest BCUT2D eigenvalue weighted by Crippen LogP contribution is -2.29. The Hall–Kier alpha value is -1.45. The van der Waals surface area contributed by atoms with Crippen molar-refractivity contribution < 1.29 is 14.3 Å². The molecule has 0 saturated carbocycles. The lowest BCUT2D eigenvalue weighted by Gasteiger charge is -2.20. The van der Waals surface area contributed by atoms with E-state index in [1.165, 1.54) is 5.57 Å². The minimum absolute atomic E-state index is 0.0260. The molecule has 0 spiro atoms. The van der Waals surface area contributed by atoms with Crippen LogP contribution in [0.1, 0.15) is 73.1 Å². The van der Waals surface area contributed by atoms with Gasteiger partial charge >= 0.3 is 0 Å². The molecular formula is C26H44O3. The molecule has 3 nitrogen and oxygen atoms in total. The van der Waals surface area contributed by atoms with E-state index < -0.39 is 0 Å². The average molecular weight is 405 g/mol. The molecule has 0 bridgehead atoms. The zero-order valence-corrected chi connectivity index (χ0v) is 19.9. The first-order chi connectivity index (χ1) is 13.7. The molecule has 0 fully saturated rings. The van der Waals surface area contributed by atoms with Crippen molar-refractivity contribution in [3.8, 4) is 0 Å². The molecule has 0 aromatic rings. The summed E-state index contributed by atoms with van der Waals surface area (Å²) in [6.45, 7) is 14.3. The van der Waals surface area contributed by atoms with Crippen molar-refractivity contribution in [3.05, 3.63) is 48.1 Å². The number of methoxy groups -OCH3 is 2. The van der Waals surface area contributed by atoms with Crippen molar-refractivity contribution in [2.45, 2.75) is 85.4 Å². The van der Waals surface area contributed by atoms with Crippen LogP contribution in [-0.2, 0) is 14.3 Å². The van der Waals surface area contributed by atoms with Crippen molar-refractivity contribution in [2.75, 3.05) is 14.2 Å². The number of carbonyl (C=O) groups excluding carboxylic acids is 1. The second-order valence-corrected chi connectivity index (χ2v) is 8.37. The van der Waals surface area contributed by atoms with E-state index >= 15 is 0 Å². The predicted octanol–water partition coefficient (Wildman–Crippen LogP) is 6.85. The Labute approximate surface area is 179 Å². The van der Waals surface area contributed by atoms with Crippen molar-refractivity contribution in [1.29, 1.82) is 0 Å². The van der Waals surface area contributed by atoms with E-state index in [-0.39, 0.29) is 17.8 Å². The van der Waals surface area contributed by atoms with E-state index in [1.54, 1.807) is 14.2 Å². The lowest BCUT2D eigenvalue weighted by molar-refractivity contribution is -0.132. The maximum atomic E-state index is 12.5. The Kier molecular flexibility index (Phi) is 15.5. The minimum atomic E-state index is -0.373. The Balaban J connectivity index is 4.43. The smallest absolute Gasteiger partial charge is 0.164 e. The molecule has 0 aliphatic rings. The molecule has 0 aromatic heterocycles. The van der Waals surface area contributed by atoms with Crippen LogP contribution in [0.5, 0.6) is 0 Å². The van der Waals surface area contributed by atoms with Crippen LogP contribution in [0.25, 0.3) is 0 Å². The molecule has 0 heterocycles. The maximum absolute atomic E-state index is 12.5. The van der Waals surface area contributed by atoms with Crippen molar-refractivity contribution >= 4 is 5.78 Å². The maximum Gasteiger partial charge on any atom is 0.164 e. The predicted molar refractivity (Wildman–Crippen MR) is 125 cm³/mol. The van der Waals surface area contributed by atoms with Crippen LogP contribution in [0, 0.1) is 11.8 Å². The van der Waals surface area contributed by atoms with Gasteiger partial charge in [0.1, 0.15) is 6.10 Å². The summed E-state index contributed by atoms with van der Waals surface area (Å²) in [4.78, 5) is 12.5. The highest BCUT2D eigenvalue weighted by molar-refractivity contribution is 5.85. The van der Waals surface area contributed by atoms with Gasteiger partial charge in [-0.2, -0.15) is 0 Å². The number of rotatable bonds is 16. The molecular weight excluding hydrogens is 360 g/mol. The van der Waals surface area contributed by atoms with Gasteiger partial charge in [-0.3, -0.25) is 4.79 Å². The molecule has 0 aliphatic carbocycles. The summed E-state index contributed by atoms with van der Waals surface area (Å²) in [5.41, 5.74) is 2.34. The summed E-state index contributed by atoms with van der Waals surface area (Å²) < 4.78 is 10.9. The summed E-state index contributed by atoms with van der Waals surface area (Å²) in [6, 6.07) is 0. The molecule has 0 rings (SSSR count). The van der Waals surface area contributed by atoms with Crippen molar-refractivity contribution in [1.82, 2.24) is 0 Å². The van der Waals surface area contributed by atoms with E-state index in [0.29, 0.717) is 18.4 Å². The normalized spacial score (nSPS) is 16.9. The van der Waals surface area contributed by atoms with Crippen LogP contribution >= 0.6 is 0 Å². The summed E-state index contributed by atoms with van der Waals surface area (Å²) in [6.07, 6.45) is 16.4. The molecule has 3 heteroatoms. The standard InChI is InChI=1S/C26H44O3/c1-9-13-24(28-7)17-16-21(4)14-11-10-12-15-22(5)19-23(6)26(27)25(29-8)18-20(2)3/h10-12,14-15,22-25H,2,9,13,16-19H2,1,3-8H3. The number of hydrogen-bond acceptors (Lipinski definition) is 3. The highest BCUT2D eigenvalue weighted by atomic mass is 16.5. The Morgan fingerprint density at radius 3 is 2.28 bits per heavy atom. The molecule has 0 amide bonds. The monoisotopic (exact) mass is 404 g/mol. The number of carbonyl (C=O) groups is 1. The molecule has 4 atom stereocenters. The third-order valence-corrected chi connectivity index (χ3v) is 5.19. The fraction of sp³-hybridized carbons (Fsp3) is 0.654. The fourth-order valence-electron chi connectivity index (χ4n) is 3.40. The molecule has 4 unspecified atom stereocenters. The van der Waals surface area contributed by atoms with Crippen LogP contribution in [0.2, 0.25) is 0 Å². The van der Waals surface area contributed by atoms with Crippen molar-refractivity contribution in [2.24, 2.45) is 11.8 Å². The Bertz CT molecular complexity index is 556. The van der Waals surface area contributed by atoms with Gasteiger partial charge in [-0.1, -0.05) is 68.7 Å². The zero-order chi connectivity index (χ0) is 22.2. The zero-order valence-electron chi connectivity index (χ0n) is 19.9. The first kappa shape index (κ1) is 27.5. The first-order valence-electron chi connectivity index (χ1n) is 11.0. The molecule has 0 aliphatic heterocycles. The van der Waals surface area contributed by atoms with Gasteiger partial charge < -0.3 is 9.47 Å². The largest absolute Gasteiger partial charge is 0.381 e. The topological polar surface area (TPSA) is 35.5 Å². The van der Waals surface area contributed by atoms with E-state index in [2.05, 4.69) is 57.7 Å². The van der Waals surface area contributed by atoms with Crippen LogP contribution in [0.4, 0.5) is 0 Å². The molecule has 0 N–H and O–H groups in total. The summed E-state index contributed by atoms with van der Waals surface area (Å²) >= 11 is 0. The van der Waals surface area contributed by atoms with Gasteiger partial charge in [-0.05, 0) is 45.4 Å². The number of Topliss-reactive ketones (excluding diaryl/α,β-unsaturated/α-hetero) is 1. The van der Waals surface area contributed by atoms with Crippen LogP contribution in [0.3, 0.4) is 0 Å². The summed E-state index contributed by atoms with van der Waals surface area (Å²) in [5.74, 6) is 0.478. The molecule has 166 valence electrons. The van der Waals surface area contributed by atoms with Crippen LogP contribution in [-0.4, -0.2) is 32.2 Å². The third kappa shape index (κ3) is 13.4. The van der Waals surface area contributed by atoms with Gasteiger partial charge in [0.2, 0.25) is 0 Å². The minimum Gasteiger partial charge on any atom is -0.381 e. The van der Waals surface area contributed by atoms with E-state index in [1.807, 2.05) is 13.8 Å². The SMILES string of the molecule is C=C(C)CC(OC)C(=O)C(C)CC(C)C=CC=CC=C(C)CCC(CCC)OC. The molecule has 0 radical (unpaired) electrons. The average Bonchev–Trinajstić information content (AvgIpc) is 2.68. The molecule has 29 heavy (non-hydrogen) atoms. The van der Waals surface area contributed by atoms with E-state index in [4.69, 9.17) is 9.47 Å². The number of allylic oxidation sites excluding steroid dienone is 6. The van der Waals surface area contributed by atoms with Crippen molar-refractivity contribution in [3.63, 3.8) is 0 Å². The third-order valence-electron chi connectivity index (χ3n) is 5.19. The van der Waals surface area contributed by atoms with Crippen LogP contribution < -0.4 is 0 Å². The van der Waals surface area contributed by atoms with Gasteiger partial charge in [-0.15, -0.1) is 6.58 Å². The number of ether oxygens (including phenoxy) is 2. The fourth-order valence-corrected chi connectivity index (χ4v) is 3.40. The second-order valence-electron chi connectivity index (χ2n) is 8.37. The lowest BCUT2D eigenvalue weighted by atomic mass is 9.89. The summed E-state index contributed by atoms with van der Waals surface area (Å²) in [7, 11) is 3.40. The van der Waals surface area contributed by atoms with Gasteiger partial charge in [0, 0.05) is 26.6 Å². The molecule has 0 aromatic carbocycles.